The van der Waals surface area contributed by atoms with Gasteiger partial charge in [0.15, 0.2) is 0 Å². The molecular weight excluding hydrogens is 296 g/mol. The third-order valence-corrected chi connectivity index (χ3v) is 5.83. The minimum Gasteiger partial charge on any atom is -0.356 e. The SMILES string of the molecule is CCCNC(=O)C1CCc2sc(C(=O)N3CCCC3)cc2C1. The van der Waals surface area contributed by atoms with Crippen molar-refractivity contribution in [1.82, 2.24) is 10.2 Å². The summed E-state index contributed by atoms with van der Waals surface area (Å²) in [6, 6.07) is 2.04. The molecule has 2 aliphatic rings. The first-order chi connectivity index (χ1) is 10.7. The highest BCUT2D eigenvalue weighted by Crippen LogP contribution is 2.33. The van der Waals surface area contributed by atoms with Gasteiger partial charge in [0.2, 0.25) is 5.91 Å². The van der Waals surface area contributed by atoms with Gasteiger partial charge in [0.25, 0.3) is 5.91 Å². The Bertz CT molecular complexity index is 561. The Morgan fingerprint density at radius 2 is 2.14 bits per heavy atom. The normalized spacial score (nSPS) is 20.8. The number of aryl methyl sites for hydroxylation is 1. The molecule has 1 unspecified atom stereocenters. The molecule has 0 bridgehead atoms. The maximum atomic E-state index is 12.5. The van der Waals surface area contributed by atoms with E-state index in [1.165, 1.54) is 10.4 Å². The van der Waals surface area contributed by atoms with Crippen LogP contribution >= 0.6 is 11.3 Å². The third-order valence-electron chi connectivity index (χ3n) is 4.61. The van der Waals surface area contributed by atoms with Gasteiger partial charge in [-0.3, -0.25) is 9.59 Å². The van der Waals surface area contributed by atoms with Crippen LogP contribution in [0.25, 0.3) is 0 Å². The predicted molar refractivity (Wildman–Crippen MR) is 88.3 cm³/mol. The second-order valence-corrected chi connectivity index (χ2v) is 7.43. The van der Waals surface area contributed by atoms with Gasteiger partial charge in [-0.25, -0.2) is 0 Å². The molecule has 0 radical (unpaired) electrons. The maximum Gasteiger partial charge on any atom is 0.263 e. The van der Waals surface area contributed by atoms with Crippen molar-refractivity contribution in [2.24, 2.45) is 5.92 Å². The number of carbonyl (C=O) groups excluding carboxylic acids is 2. The molecule has 1 aromatic heterocycles. The number of hydrogen-bond acceptors (Lipinski definition) is 3. The highest BCUT2D eigenvalue weighted by atomic mass is 32.1. The number of hydrogen-bond donors (Lipinski definition) is 1. The van der Waals surface area contributed by atoms with Gasteiger partial charge in [0.05, 0.1) is 4.88 Å². The molecule has 1 saturated heterocycles. The van der Waals surface area contributed by atoms with Crippen LogP contribution in [0.15, 0.2) is 6.07 Å². The van der Waals surface area contributed by atoms with Gasteiger partial charge in [-0.05, 0) is 50.2 Å². The van der Waals surface area contributed by atoms with Gasteiger partial charge >= 0.3 is 0 Å². The molecule has 0 aromatic carbocycles. The smallest absolute Gasteiger partial charge is 0.263 e. The summed E-state index contributed by atoms with van der Waals surface area (Å²) in [4.78, 5) is 28.7. The van der Waals surface area contributed by atoms with E-state index in [1.54, 1.807) is 11.3 Å². The van der Waals surface area contributed by atoms with Crippen LogP contribution in [0.3, 0.4) is 0 Å². The summed E-state index contributed by atoms with van der Waals surface area (Å²) in [6.45, 7) is 4.60. The lowest BCUT2D eigenvalue weighted by atomic mass is 9.87. The molecule has 1 aliphatic carbocycles. The van der Waals surface area contributed by atoms with Gasteiger partial charge in [-0.15, -0.1) is 11.3 Å². The molecule has 120 valence electrons. The fraction of sp³-hybridized carbons (Fsp3) is 0.647. The molecule has 1 N–H and O–H groups in total. The minimum absolute atomic E-state index is 0.0726. The van der Waals surface area contributed by atoms with Crippen molar-refractivity contribution in [1.29, 1.82) is 0 Å². The lowest BCUT2D eigenvalue weighted by Crippen LogP contribution is -2.34. The highest BCUT2D eigenvalue weighted by Gasteiger charge is 2.28. The fourth-order valence-electron chi connectivity index (χ4n) is 3.32. The van der Waals surface area contributed by atoms with E-state index in [4.69, 9.17) is 0 Å². The zero-order chi connectivity index (χ0) is 15.5. The molecule has 0 spiro atoms. The third kappa shape index (κ3) is 3.19. The molecule has 2 amide bonds. The molecular formula is C17H24N2O2S. The summed E-state index contributed by atoms with van der Waals surface area (Å²) in [5.41, 5.74) is 1.22. The van der Waals surface area contributed by atoms with Crippen LogP contribution in [0, 0.1) is 5.92 Å². The van der Waals surface area contributed by atoms with Gasteiger partial charge < -0.3 is 10.2 Å². The van der Waals surface area contributed by atoms with Crippen LogP contribution in [0.5, 0.6) is 0 Å². The maximum absolute atomic E-state index is 12.5. The first kappa shape index (κ1) is 15.5. The Balaban J connectivity index is 1.67. The topological polar surface area (TPSA) is 49.4 Å². The van der Waals surface area contributed by atoms with E-state index < -0.39 is 0 Å². The van der Waals surface area contributed by atoms with Gasteiger partial charge in [0, 0.05) is 30.4 Å². The van der Waals surface area contributed by atoms with Gasteiger partial charge in [-0.1, -0.05) is 6.92 Å². The van der Waals surface area contributed by atoms with Crippen molar-refractivity contribution in [3.8, 4) is 0 Å². The lowest BCUT2D eigenvalue weighted by Gasteiger charge is -2.21. The molecule has 3 rings (SSSR count). The molecule has 1 fully saturated rings. The summed E-state index contributed by atoms with van der Waals surface area (Å²) in [5, 5.41) is 3.00. The molecule has 5 heteroatoms. The Labute approximate surface area is 135 Å². The summed E-state index contributed by atoms with van der Waals surface area (Å²) in [7, 11) is 0. The number of fused-ring (bicyclic) bond motifs is 1. The van der Waals surface area contributed by atoms with Crippen molar-refractivity contribution in [2.75, 3.05) is 19.6 Å². The van der Waals surface area contributed by atoms with E-state index in [1.807, 2.05) is 11.0 Å². The van der Waals surface area contributed by atoms with Crippen LogP contribution in [-0.4, -0.2) is 36.3 Å². The van der Waals surface area contributed by atoms with Crippen molar-refractivity contribution in [3.05, 3.63) is 21.4 Å². The van der Waals surface area contributed by atoms with E-state index in [-0.39, 0.29) is 17.7 Å². The second-order valence-electron chi connectivity index (χ2n) is 6.29. The number of likely N-dealkylation sites (tertiary alicyclic amines) is 1. The van der Waals surface area contributed by atoms with Crippen LogP contribution in [-0.2, 0) is 17.6 Å². The van der Waals surface area contributed by atoms with Crippen molar-refractivity contribution in [3.63, 3.8) is 0 Å². The Morgan fingerprint density at radius 1 is 1.36 bits per heavy atom. The average Bonchev–Trinajstić information content (AvgIpc) is 3.19. The molecule has 22 heavy (non-hydrogen) atoms. The molecule has 2 heterocycles. The Hall–Kier alpha value is -1.36. The summed E-state index contributed by atoms with van der Waals surface area (Å²) in [5.74, 6) is 0.429. The van der Waals surface area contributed by atoms with Crippen molar-refractivity contribution in [2.45, 2.75) is 45.4 Å². The number of rotatable bonds is 4. The number of carbonyl (C=O) groups is 2. The molecule has 1 aromatic rings. The molecule has 1 aliphatic heterocycles. The standard InChI is InChI=1S/C17H24N2O2S/c1-2-7-18-16(20)12-5-6-14-13(10-12)11-15(22-14)17(21)19-8-3-4-9-19/h11-12H,2-10H2,1H3,(H,18,20). The highest BCUT2D eigenvalue weighted by molar-refractivity contribution is 7.14. The van der Waals surface area contributed by atoms with E-state index in [0.29, 0.717) is 0 Å². The second kappa shape index (κ2) is 6.82. The predicted octanol–water partition coefficient (Wildman–Crippen LogP) is 2.62. The molecule has 4 nitrogen and oxygen atoms in total. The van der Waals surface area contributed by atoms with Crippen molar-refractivity contribution >= 4 is 23.2 Å². The van der Waals surface area contributed by atoms with Gasteiger partial charge in [0.1, 0.15) is 0 Å². The van der Waals surface area contributed by atoms with Crippen molar-refractivity contribution < 1.29 is 9.59 Å². The fourth-order valence-corrected chi connectivity index (χ4v) is 4.50. The van der Waals surface area contributed by atoms with Crippen LogP contribution in [0.1, 0.15) is 52.7 Å². The number of amides is 2. The zero-order valence-electron chi connectivity index (χ0n) is 13.2. The van der Waals surface area contributed by atoms with E-state index in [9.17, 15) is 9.59 Å². The average molecular weight is 320 g/mol. The first-order valence-corrected chi connectivity index (χ1v) is 9.19. The largest absolute Gasteiger partial charge is 0.356 e. The first-order valence-electron chi connectivity index (χ1n) is 8.37. The summed E-state index contributed by atoms with van der Waals surface area (Å²) in [6.07, 6.45) is 5.83. The van der Waals surface area contributed by atoms with Crippen LogP contribution < -0.4 is 5.32 Å². The number of nitrogens with zero attached hydrogens (tertiary/aromatic N) is 1. The lowest BCUT2D eigenvalue weighted by molar-refractivity contribution is -0.125. The Kier molecular flexibility index (Phi) is 4.81. The van der Waals surface area contributed by atoms with Crippen LogP contribution in [0.2, 0.25) is 0 Å². The summed E-state index contributed by atoms with van der Waals surface area (Å²) >= 11 is 1.64. The zero-order valence-corrected chi connectivity index (χ0v) is 14.0. The van der Waals surface area contributed by atoms with E-state index in [2.05, 4.69) is 12.2 Å². The van der Waals surface area contributed by atoms with E-state index in [0.717, 1.165) is 63.0 Å². The monoisotopic (exact) mass is 320 g/mol. The van der Waals surface area contributed by atoms with Crippen LogP contribution in [0.4, 0.5) is 0 Å². The summed E-state index contributed by atoms with van der Waals surface area (Å²) < 4.78 is 0. The van der Waals surface area contributed by atoms with E-state index >= 15 is 0 Å². The minimum atomic E-state index is 0.0726. The quantitative estimate of drug-likeness (QED) is 0.927. The molecule has 0 saturated carbocycles. The molecule has 1 atom stereocenters. The Morgan fingerprint density at radius 3 is 2.86 bits per heavy atom. The van der Waals surface area contributed by atoms with Gasteiger partial charge in [-0.2, -0.15) is 0 Å². The number of nitrogens with one attached hydrogen (secondary N) is 1. The number of thiophene rings is 1.